The summed E-state index contributed by atoms with van der Waals surface area (Å²) in [6.45, 7) is 9.14. The maximum Gasteiger partial charge on any atom is 0.0649 e. The predicted molar refractivity (Wildman–Crippen MR) is 82.3 cm³/mol. The molecule has 1 aromatic rings. The zero-order chi connectivity index (χ0) is 14.1. The van der Waals surface area contributed by atoms with E-state index in [4.69, 9.17) is 5.10 Å². The van der Waals surface area contributed by atoms with Crippen LogP contribution in [0.25, 0.3) is 0 Å². The van der Waals surface area contributed by atoms with Gasteiger partial charge < -0.3 is 10.2 Å². The Morgan fingerprint density at radius 3 is 2.75 bits per heavy atom. The van der Waals surface area contributed by atoms with E-state index in [1.165, 1.54) is 55.7 Å². The van der Waals surface area contributed by atoms with Crippen LogP contribution in [0, 0.1) is 13.8 Å². The number of nitrogens with zero attached hydrogens (tertiary/aromatic N) is 3. The van der Waals surface area contributed by atoms with Crippen LogP contribution in [0.15, 0.2) is 0 Å². The highest BCUT2D eigenvalue weighted by molar-refractivity contribution is 5.30. The lowest BCUT2D eigenvalue weighted by Gasteiger charge is -2.31. The van der Waals surface area contributed by atoms with Gasteiger partial charge in [-0.2, -0.15) is 5.10 Å². The summed E-state index contributed by atoms with van der Waals surface area (Å²) in [5, 5.41) is 8.44. The molecule has 1 aromatic heterocycles. The van der Waals surface area contributed by atoms with Crippen LogP contribution < -0.4 is 5.32 Å². The fourth-order valence-electron chi connectivity index (χ4n) is 4.06. The molecular weight excluding hydrogens is 248 g/mol. The van der Waals surface area contributed by atoms with Crippen LogP contribution in [0.3, 0.4) is 0 Å². The monoisotopic (exact) mass is 276 g/mol. The number of likely N-dealkylation sites (tertiary alicyclic amines) is 1. The van der Waals surface area contributed by atoms with Crippen molar-refractivity contribution in [3.63, 3.8) is 0 Å². The van der Waals surface area contributed by atoms with E-state index in [0.717, 1.165) is 13.1 Å². The first-order valence-corrected chi connectivity index (χ1v) is 8.11. The number of likely N-dealkylation sites (N-methyl/N-ethyl adjacent to an activating group) is 1. The Kier molecular flexibility index (Phi) is 4.13. The first kappa shape index (κ1) is 14.1. The van der Waals surface area contributed by atoms with Gasteiger partial charge in [0, 0.05) is 30.3 Å². The highest BCUT2D eigenvalue weighted by Crippen LogP contribution is 2.31. The Bertz CT molecular complexity index is 459. The average molecular weight is 276 g/mol. The molecule has 0 saturated carbocycles. The lowest BCUT2D eigenvalue weighted by molar-refractivity contribution is 0.200. The average Bonchev–Trinajstić information content (AvgIpc) is 2.75. The number of nitrogens with one attached hydrogen (secondary N) is 1. The van der Waals surface area contributed by atoms with Crippen LogP contribution in [-0.2, 0) is 0 Å². The van der Waals surface area contributed by atoms with E-state index in [1.54, 1.807) is 0 Å². The summed E-state index contributed by atoms with van der Waals surface area (Å²) in [6.07, 6.45) is 5.17. The zero-order valence-electron chi connectivity index (χ0n) is 13.2. The van der Waals surface area contributed by atoms with E-state index in [0.29, 0.717) is 12.0 Å². The largest absolute Gasteiger partial charge is 0.316 e. The van der Waals surface area contributed by atoms with Crippen LogP contribution in [0.4, 0.5) is 0 Å². The molecule has 112 valence electrons. The molecule has 0 radical (unpaired) electrons. The molecule has 0 aliphatic carbocycles. The van der Waals surface area contributed by atoms with Gasteiger partial charge >= 0.3 is 0 Å². The Morgan fingerprint density at radius 2 is 2.05 bits per heavy atom. The third-order valence-electron chi connectivity index (χ3n) is 5.03. The standard InChI is InChI=1S/C16H28N4/c1-12-16(14-6-4-8-17-10-14)13(2)20(18-12)15-7-5-9-19(3)11-15/h14-15,17H,4-11H2,1-3H3. The van der Waals surface area contributed by atoms with E-state index >= 15 is 0 Å². The summed E-state index contributed by atoms with van der Waals surface area (Å²) in [7, 11) is 2.23. The van der Waals surface area contributed by atoms with Crippen molar-refractivity contribution in [1.29, 1.82) is 0 Å². The van der Waals surface area contributed by atoms with Crippen molar-refractivity contribution in [3.05, 3.63) is 17.0 Å². The van der Waals surface area contributed by atoms with Crippen molar-refractivity contribution in [2.45, 2.75) is 51.5 Å². The quantitative estimate of drug-likeness (QED) is 0.899. The summed E-state index contributed by atoms with van der Waals surface area (Å²) in [5.74, 6) is 0.666. The highest BCUT2D eigenvalue weighted by atomic mass is 15.3. The second-order valence-corrected chi connectivity index (χ2v) is 6.63. The number of aromatic nitrogens is 2. The molecule has 0 amide bonds. The summed E-state index contributed by atoms with van der Waals surface area (Å²) in [6, 6.07) is 0.567. The molecule has 0 bridgehead atoms. The van der Waals surface area contributed by atoms with Crippen LogP contribution in [0.5, 0.6) is 0 Å². The van der Waals surface area contributed by atoms with Crippen LogP contribution >= 0.6 is 0 Å². The smallest absolute Gasteiger partial charge is 0.0649 e. The molecule has 4 nitrogen and oxygen atoms in total. The number of aryl methyl sites for hydroxylation is 1. The Labute approximate surface area is 122 Å². The van der Waals surface area contributed by atoms with Crippen molar-refractivity contribution in [2.24, 2.45) is 0 Å². The van der Waals surface area contributed by atoms with E-state index in [2.05, 4.69) is 35.8 Å². The van der Waals surface area contributed by atoms with Crippen LogP contribution in [0.1, 0.15) is 54.6 Å². The van der Waals surface area contributed by atoms with Gasteiger partial charge in [0.2, 0.25) is 0 Å². The van der Waals surface area contributed by atoms with Crippen LogP contribution in [-0.4, -0.2) is 47.9 Å². The minimum Gasteiger partial charge on any atom is -0.316 e. The molecule has 2 fully saturated rings. The minimum atomic E-state index is 0.567. The first-order chi connectivity index (χ1) is 9.66. The summed E-state index contributed by atoms with van der Waals surface area (Å²) < 4.78 is 2.33. The van der Waals surface area contributed by atoms with Gasteiger partial charge in [0.05, 0.1) is 11.7 Å². The zero-order valence-corrected chi connectivity index (χ0v) is 13.2. The fourth-order valence-corrected chi connectivity index (χ4v) is 4.06. The summed E-state index contributed by atoms with van der Waals surface area (Å²) >= 11 is 0. The molecule has 1 N–H and O–H groups in total. The molecule has 2 saturated heterocycles. The maximum absolute atomic E-state index is 4.91. The summed E-state index contributed by atoms with van der Waals surface area (Å²) in [5.41, 5.74) is 4.19. The van der Waals surface area contributed by atoms with Crippen molar-refractivity contribution in [2.75, 3.05) is 33.2 Å². The van der Waals surface area contributed by atoms with Gasteiger partial charge in [0.1, 0.15) is 0 Å². The lowest BCUT2D eigenvalue weighted by atomic mass is 9.90. The molecule has 2 unspecified atom stereocenters. The summed E-state index contributed by atoms with van der Waals surface area (Å²) in [4.78, 5) is 2.44. The number of hydrogen-bond donors (Lipinski definition) is 1. The molecule has 20 heavy (non-hydrogen) atoms. The topological polar surface area (TPSA) is 33.1 Å². The third kappa shape index (κ3) is 2.63. The highest BCUT2D eigenvalue weighted by Gasteiger charge is 2.27. The van der Waals surface area contributed by atoms with Crippen molar-refractivity contribution < 1.29 is 0 Å². The third-order valence-corrected chi connectivity index (χ3v) is 5.03. The molecule has 2 atom stereocenters. The Balaban J connectivity index is 1.85. The molecule has 0 aromatic carbocycles. The van der Waals surface area contributed by atoms with E-state index < -0.39 is 0 Å². The van der Waals surface area contributed by atoms with Crippen LogP contribution in [0.2, 0.25) is 0 Å². The molecule has 4 heteroatoms. The van der Waals surface area contributed by atoms with Gasteiger partial charge in [-0.3, -0.25) is 4.68 Å². The van der Waals surface area contributed by atoms with E-state index in [9.17, 15) is 0 Å². The first-order valence-electron chi connectivity index (χ1n) is 8.11. The van der Waals surface area contributed by atoms with Crippen molar-refractivity contribution in [3.8, 4) is 0 Å². The van der Waals surface area contributed by atoms with Crippen molar-refractivity contribution in [1.82, 2.24) is 20.0 Å². The van der Waals surface area contributed by atoms with E-state index in [1.807, 2.05) is 0 Å². The normalized spacial score (nSPS) is 28.8. The molecular formula is C16H28N4. The molecule has 2 aliphatic rings. The number of piperidine rings is 2. The van der Waals surface area contributed by atoms with Gasteiger partial charge in [-0.05, 0) is 59.7 Å². The second kappa shape index (κ2) is 5.86. The molecule has 3 rings (SSSR count). The Hall–Kier alpha value is -0.870. The van der Waals surface area contributed by atoms with Crippen molar-refractivity contribution >= 4 is 0 Å². The van der Waals surface area contributed by atoms with E-state index in [-0.39, 0.29) is 0 Å². The fraction of sp³-hybridized carbons (Fsp3) is 0.812. The van der Waals surface area contributed by atoms with Gasteiger partial charge in [-0.25, -0.2) is 0 Å². The maximum atomic E-state index is 4.91. The number of hydrogen-bond acceptors (Lipinski definition) is 3. The van der Waals surface area contributed by atoms with Gasteiger partial charge in [-0.15, -0.1) is 0 Å². The van der Waals surface area contributed by atoms with Gasteiger partial charge in [-0.1, -0.05) is 0 Å². The molecule has 3 heterocycles. The van der Waals surface area contributed by atoms with Gasteiger partial charge in [0.15, 0.2) is 0 Å². The Morgan fingerprint density at radius 1 is 1.20 bits per heavy atom. The SMILES string of the molecule is Cc1nn(C2CCCN(C)C2)c(C)c1C1CCCNC1. The molecule has 2 aliphatic heterocycles. The number of rotatable bonds is 2. The molecule has 0 spiro atoms. The lowest BCUT2D eigenvalue weighted by Crippen LogP contribution is -2.34. The van der Waals surface area contributed by atoms with Gasteiger partial charge in [0.25, 0.3) is 0 Å². The predicted octanol–water partition coefficient (Wildman–Crippen LogP) is 2.23. The minimum absolute atomic E-state index is 0.567. The second-order valence-electron chi connectivity index (χ2n) is 6.63.